The number of anilines is 2. The van der Waals surface area contributed by atoms with Crippen LogP contribution in [-0.2, 0) is 4.79 Å². The number of piperazine rings is 1. The van der Waals surface area contributed by atoms with Crippen molar-refractivity contribution in [3.05, 3.63) is 74.8 Å². The number of halogens is 1. The maximum Gasteiger partial charge on any atom is 0.267 e. The largest absolute Gasteiger partial charge is 0.366 e. The fourth-order valence-corrected chi connectivity index (χ4v) is 6.65. The van der Waals surface area contributed by atoms with E-state index in [4.69, 9.17) is 17.2 Å². The van der Waals surface area contributed by atoms with Crippen LogP contribution in [0.3, 0.4) is 0 Å². The third-order valence-corrected chi connectivity index (χ3v) is 9.02. The summed E-state index contributed by atoms with van der Waals surface area (Å²) in [6, 6.07) is 10.5. The van der Waals surface area contributed by atoms with Gasteiger partial charge in [0.1, 0.15) is 21.6 Å². The molecule has 1 amide bonds. The molecule has 2 fully saturated rings. The zero-order valence-electron chi connectivity index (χ0n) is 23.6. The molecule has 0 aliphatic carbocycles. The molecule has 0 bridgehead atoms. The summed E-state index contributed by atoms with van der Waals surface area (Å²) in [5, 5.41) is 0. The summed E-state index contributed by atoms with van der Waals surface area (Å²) in [4.78, 5) is 38.3. The number of rotatable bonds is 10. The SMILES string of the molecule is CCCCCCCCN1C(=O)C(=Cc2c(N3CCN(c4ccccc4F)CC3)nc3ccc(C)cn3c2=O)SC1=S. The predicted molar refractivity (Wildman–Crippen MR) is 170 cm³/mol. The van der Waals surface area contributed by atoms with Crippen LogP contribution in [0.5, 0.6) is 0 Å². The molecule has 0 unspecified atom stereocenters. The molecule has 2 aromatic heterocycles. The number of para-hydroxylation sites is 1. The minimum atomic E-state index is -0.248. The van der Waals surface area contributed by atoms with Gasteiger partial charge >= 0.3 is 0 Å². The van der Waals surface area contributed by atoms with Crippen LogP contribution >= 0.6 is 24.0 Å². The fraction of sp³-hybridized carbons (Fsp3) is 0.419. The molecule has 216 valence electrons. The van der Waals surface area contributed by atoms with Gasteiger partial charge in [-0.3, -0.25) is 18.9 Å². The molecule has 2 aliphatic rings. The van der Waals surface area contributed by atoms with Crippen LogP contribution in [0.2, 0.25) is 0 Å². The zero-order chi connectivity index (χ0) is 28.9. The maximum atomic E-state index is 14.4. The van der Waals surface area contributed by atoms with Crippen molar-refractivity contribution in [1.29, 1.82) is 0 Å². The molecule has 0 N–H and O–H groups in total. The molecule has 1 aromatic carbocycles. The first-order valence-electron chi connectivity index (χ1n) is 14.4. The highest BCUT2D eigenvalue weighted by atomic mass is 32.2. The standard InChI is InChI=1S/C31H36FN5O2S2/c1-3-4-5-6-7-10-15-36-30(39)26(41-31(36)40)20-23-28(33-27-14-13-22(2)21-37(27)29(23)38)35-18-16-34(17-19-35)25-12-9-8-11-24(25)32/h8-9,11-14,20-21H,3-7,10,15-19H2,1-2H3. The predicted octanol–water partition coefficient (Wildman–Crippen LogP) is 6.03. The summed E-state index contributed by atoms with van der Waals surface area (Å²) in [5.41, 5.74) is 2.19. The van der Waals surface area contributed by atoms with Gasteiger partial charge in [0.2, 0.25) is 0 Å². The molecule has 7 nitrogen and oxygen atoms in total. The topological polar surface area (TPSA) is 61.2 Å². The number of aromatic nitrogens is 2. The highest BCUT2D eigenvalue weighted by Gasteiger charge is 2.33. The van der Waals surface area contributed by atoms with Crippen LogP contribution in [0.15, 0.2) is 52.3 Å². The van der Waals surface area contributed by atoms with Gasteiger partial charge in [0.05, 0.1) is 16.2 Å². The summed E-state index contributed by atoms with van der Waals surface area (Å²) < 4.78 is 16.5. The number of thiocarbonyl (C=S) groups is 1. The minimum absolute atomic E-state index is 0.155. The lowest BCUT2D eigenvalue weighted by molar-refractivity contribution is -0.122. The number of pyridine rings is 1. The molecule has 0 atom stereocenters. The van der Waals surface area contributed by atoms with Crippen LogP contribution < -0.4 is 15.4 Å². The third-order valence-electron chi connectivity index (χ3n) is 7.64. The summed E-state index contributed by atoms with van der Waals surface area (Å²) in [5.74, 6) is 0.132. The fourth-order valence-electron chi connectivity index (χ4n) is 5.36. The van der Waals surface area contributed by atoms with E-state index in [-0.39, 0.29) is 17.3 Å². The monoisotopic (exact) mass is 593 g/mol. The quantitative estimate of drug-likeness (QED) is 0.162. The highest BCUT2D eigenvalue weighted by molar-refractivity contribution is 8.26. The van der Waals surface area contributed by atoms with Gasteiger partial charge in [-0.05, 0) is 43.2 Å². The number of amides is 1. The Morgan fingerprint density at radius 1 is 0.976 bits per heavy atom. The van der Waals surface area contributed by atoms with Crippen LogP contribution in [0.1, 0.15) is 56.6 Å². The van der Waals surface area contributed by atoms with E-state index in [0.29, 0.717) is 64.7 Å². The molecular weight excluding hydrogens is 558 g/mol. The van der Waals surface area contributed by atoms with E-state index in [1.165, 1.54) is 41.5 Å². The van der Waals surface area contributed by atoms with E-state index in [9.17, 15) is 14.0 Å². The number of carbonyl (C=O) groups is 1. The van der Waals surface area contributed by atoms with Crippen LogP contribution in [0.25, 0.3) is 11.7 Å². The Morgan fingerprint density at radius 2 is 1.68 bits per heavy atom. The number of fused-ring (bicyclic) bond motifs is 1. The van der Waals surface area contributed by atoms with Gasteiger partial charge in [0, 0.05) is 38.9 Å². The summed E-state index contributed by atoms with van der Waals surface area (Å²) in [6.45, 7) is 6.99. The molecule has 41 heavy (non-hydrogen) atoms. The molecule has 0 saturated carbocycles. The van der Waals surface area contributed by atoms with Crippen molar-refractivity contribution in [2.45, 2.75) is 52.4 Å². The summed E-state index contributed by atoms with van der Waals surface area (Å²) >= 11 is 6.81. The van der Waals surface area contributed by atoms with Gasteiger partial charge in [0.25, 0.3) is 11.5 Å². The lowest BCUT2D eigenvalue weighted by Gasteiger charge is -2.37. The molecule has 2 saturated heterocycles. The van der Waals surface area contributed by atoms with Crippen LogP contribution in [0.4, 0.5) is 15.9 Å². The number of benzene rings is 1. The Kier molecular flexibility index (Phi) is 9.39. The molecule has 3 aromatic rings. The Morgan fingerprint density at radius 3 is 2.44 bits per heavy atom. The average Bonchev–Trinajstić information content (AvgIpc) is 3.24. The Bertz CT molecular complexity index is 1530. The van der Waals surface area contributed by atoms with E-state index in [1.807, 2.05) is 30.0 Å². The lowest BCUT2D eigenvalue weighted by atomic mass is 10.1. The second kappa shape index (κ2) is 13.2. The maximum absolute atomic E-state index is 14.4. The summed E-state index contributed by atoms with van der Waals surface area (Å²) in [6.07, 6.45) is 10.2. The van der Waals surface area contributed by atoms with Crippen molar-refractivity contribution in [2.75, 3.05) is 42.5 Å². The van der Waals surface area contributed by atoms with Crippen molar-refractivity contribution in [2.24, 2.45) is 0 Å². The van der Waals surface area contributed by atoms with Crippen molar-refractivity contribution in [3.63, 3.8) is 0 Å². The van der Waals surface area contributed by atoms with E-state index < -0.39 is 0 Å². The first kappa shape index (κ1) is 29.3. The number of thioether (sulfide) groups is 1. The molecule has 0 spiro atoms. The molecule has 10 heteroatoms. The molecule has 2 aliphatic heterocycles. The van der Waals surface area contributed by atoms with Gasteiger partial charge in [-0.2, -0.15) is 0 Å². The van der Waals surface area contributed by atoms with Crippen molar-refractivity contribution in [3.8, 4) is 0 Å². The van der Waals surface area contributed by atoms with Crippen LogP contribution in [-0.4, -0.2) is 57.2 Å². The van der Waals surface area contributed by atoms with Gasteiger partial charge in [0.15, 0.2) is 0 Å². The van der Waals surface area contributed by atoms with E-state index in [2.05, 4.69) is 11.8 Å². The lowest BCUT2D eigenvalue weighted by Crippen LogP contribution is -2.47. The number of hydrogen-bond donors (Lipinski definition) is 0. The number of unbranched alkanes of at least 4 members (excludes halogenated alkanes) is 5. The van der Waals surface area contributed by atoms with Crippen molar-refractivity contribution in [1.82, 2.24) is 14.3 Å². The number of nitrogens with zero attached hydrogens (tertiary/aromatic N) is 5. The van der Waals surface area contributed by atoms with Crippen LogP contribution in [0, 0.1) is 12.7 Å². The zero-order valence-corrected chi connectivity index (χ0v) is 25.3. The van der Waals surface area contributed by atoms with E-state index >= 15 is 0 Å². The third kappa shape index (κ3) is 6.48. The van der Waals surface area contributed by atoms with Gasteiger partial charge < -0.3 is 9.80 Å². The smallest absolute Gasteiger partial charge is 0.267 e. The summed E-state index contributed by atoms with van der Waals surface area (Å²) in [7, 11) is 0. The Labute approximate surface area is 250 Å². The molecule has 5 rings (SSSR count). The Balaban J connectivity index is 1.41. The molecular formula is C31H36FN5O2S2. The minimum Gasteiger partial charge on any atom is -0.366 e. The Hall–Kier alpha value is -3.24. The van der Waals surface area contributed by atoms with Crippen molar-refractivity contribution >= 4 is 57.4 Å². The van der Waals surface area contributed by atoms with Gasteiger partial charge in [-0.25, -0.2) is 9.37 Å². The number of hydrogen-bond acceptors (Lipinski definition) is 7. The number of carbonyl (C=O) groups excluding carboxylic acids is 1. The van der Waals surface area contributed by atoms with E-state index in [0.717, 1.165) is 24.8 Å². The number of aryl methyl sites for hydroxylation is 1. The van der Waals surface area contributed by atoms with E-state index in [1.54, 1.807) is 29.3 Å². The molecule has 0 radical (unpaired) electrons. The first-order valence-corrected chi connectivity index (χ1v) is 15.6. The second-order valence-electron chi connectivity index (χ2n) is 10.6. The van der Waals surface area contributed by atoms with Gasteiger partial charge in [-0.1, -0.05) is 81.2 Å². The highest BCUT2D eigenvalue weighted by Crippen LogP contribution is 2.34. The average molecular weight is 594 g/mol. The first-order chi connectivity index (χ1) is 19.9. The normalized spacial score (nSPS) is 17.0. The second-order valence-corrected chi connectivity index (χ2v) is 12.3. The molecule has 4 heterocycles. The van der Waals surface area contributed by atoms with Crippen molar-refractivity contribution < 1.29 is 9.18 Å². The van der Waals surface area contributed by atoms with Gasteiger partial charge in [-0.15, -0.1) is 0 Å².